The second-order valence-corrected chi connectivity index (χ2v) is 4.07. The highest BCUT2D eigenvalue weighted by Gasteiger charge is 2.04. The summed E-state index contributed by atoms with van der Waals surface area (Å²) in [4.78, 5) is 0. The molecule has 0 heterocycles. The first-order valence-corrected chi connectivity index (χ1v) is 5.92. The van der Waals surface area contributed by atoms with Gasteiger partial charge >= 0.3 is 0 Å². The second kappa shape index (κ2) is 5.56. The predicted octanol–water partition coefficient (Wildman–Crippen LogP) is 2.72. The van der Waals surface area contributed by atoms with Gasteiger partial charge in [0.2, 0.25) is 0 Å². The highest BCUT2D eigenvalue weighted by molar-refractivity contribution is 7.98. The number of hydrogen-bond donors (Lipinski definition) is 1. The minimum Gasteiger partial charge on any atom is -0.381 e. The van der Waals surface area contributed by atoms with E-state index in [-0.39, 0.29) is 0 Å². The Morgan fingerprint density at radius 3 is 2.86 bits per heavy atom. The van der Waals surface area contributed by atoms with Crippen molar-refractivity contribution in [3.63, 3.8) is 0 Å². The summed E-state index contributed by atoms with van der Waals surface area (Å²) >= 11 is 1.80. The summed E-state index contributed by atoms with van der Waals surface area (Å²) in [7, 11) is 0. The van der Waals surface area contributed by atoms with Gasteiger partial charge in [-0.3, -0.25) is 0 Å². The van der Waals surface area contributed by atoms with Gasteiger partial charge in [-0.15, -0.1) is 0 Å². The fourth-order valence-electron chi connectivity index (χ4n) is 1.26. The number of thioether (sulfide) groups is 1. The van der Waals surface area contributed by atoms with Gasteiger partial charge in [-0.05, 0) is 25.3 Å². The van der Waals surface area contributed by atoms with Crippen molar-refractivity contribution in [3.05, 3.63) is 29.8 Å². The smallest absolute Gasteiger partial charge is 0.101 e. The molecule has 0 bridgehead atoms. The van der Waals surface area contributed by atoms with Crippen molar-refractivity contribution >= 4 is 17.4 Å². The first-order chi connectivity index (χ1) is 6.77. The maximum Gasteiger partial charge on any atom is 0.101 e. The number of para-hydroxylation sites is 1. The highest BCUT2D eigenvalue weighted by Crippen LogP contribution is 2.15. The Hall–Kier alpha value is -1.14. The van der Waals surface area contributed by atoms with Gasteiger partial charge in [0.1, 0.15) is 6.07 Å². The second-order valence-electron chi connectivity index (χ2n) is 3.16. The van der Waals surface area contributed by atoms with Crippen LogP contribution in [0.4, 0.5) is 5.69 Å². The molecule has 0 amide bonds. The quantitative estimate of drug-likeness (QED) is 0.822. The zero-order chi connectivity index (χ0) is 10.4. The minimum atomic E-state index is 0.388. The SMILES string of the molecule is CSCC(C)Nc1ccccc1C#N. The molecule has 14 heavy (non-hydrogen) atoms. The Bertz CT molecular complexity index is 330. The highest BCUT2D eigenvalue weighted by atomic mass is 32.2. The van der Waals surface area contributed by atoms with E-state index in [1.807, 2.05) is 24.3 Å². The molecular weight excluding hydrogens is 192 g/mol. The molecule has 1 aromatic rings. The van der Waals surface area contributed by atoms with Gasteiger partial charge in [0.15, 0.2) is 0 Å². The van der Waals surface area contributed by atoms with Crippen LogP contribution in [0, 0.1) is 11.3 Å². The summed E-state index contributed by atoms with van der Waals surface area (Å²) in [5.74, 6) is 1.04. The van der Waals surface area contributed by atoms with Crippen LogP contribution in [0.2, 0.25) is 0 Å². The van der Waals surface area contributed by atoms with Crippen LogP contribution in [0.5, 0.6) is 0 Å². The van der Waals surface area contributed by atoms with E-state index < -0.39 is 0 Å². The average molecular weight is 206 g/mol. The number of nitrogens with one attached hydrogen (secondary N) is 1. The van der Waals surface area contributed by atoms with Gasteiger partial charge in [-0.2, -0.15) is 17.0 Å². The van der Waals surface area contributed by atoms with Gasteiger partial charge in [-0.25, -0.2) is 0 Å². The van der Waals surface area contributed by atoms with E-state index in [4.69, 9.17) is 5.26 Å². The third kappa shape index (κ3) is 2.97. The molecule has 2 nitrogen and oxygen atoms in total. The van der Waals surface area contributed by atoms with Crippen LogP contribution in [0.15, 0.2) is 24.3 Å². The van der Waals surface area contributed by atoms with Crippen molar-refractivity contribution in [1.82, 2.24) is 0 Å². The zero-order valence-electron chi connectivity index (χ0n) is 8.45. The van der Waals surface area contributed by atoms with E-state index in [0.717, 1.165) is 11.4 Å². The maximum atomic E-state index is 8.87. The molecule has 0 fully saturated rings. The number of nitriles is 1. The minimum absolute atomic E-state index is 0.388. The lowest BCUT2D eigenvalue weighted by atomic mass is 10.2. The van der Waals surface area contributed by atoms with Gasteiger partial charge in [-0.1, -0.05) is 12.1 Å². The summed E-state index contributed by atoms with van der Waals surface area (Å²) in [6.07, 6.45) is 2.08. The standard InChI is InChI=1S/C11H14N2S/c1-9(8-14-2)13-11-6-4-3-5-10(11)7-12/h3-6,9,13H,8H2,1-2H3. The molecule has 0 aliphatic carbocycles. The Labute approximate surface area is 89.3 Å². The van der Waals surface area contributed by atoms with Crippen molar-refractivity contribution in [1.29, 1.82) is 5.26 Å². The Kier molecular flexibility index (Phi) is 4.34. The summed E-state index contributed by atoms with van der Waals surface area (Å²) in [5, 5.41) is 12.2. The van der Waals surface area contributed by atoms with E-state index in [0.29, 0.717) is 11.6 Å². The molecule has 1 atom stereocenters. The first-order valence-electron chi connectivity index (χ1n) is 4.52. The van der Waals surface area contributed by atoms with Gasteiger partial charge < -0.3 is 5.32 Å². The Morgan fingerprint density at radius 2 is 2.21 bits per heavy atom. The normalized spacial score (nSPS) is 11.8. The Morgan fingerprint density at radius 1 is 1.50 bits per heavy atom. The molecule has 3 heteroatoms. The molecule has 0 saturated heterocycles. The predicted molar refractivity (Wildman–Crippen MR) is 62.6 cm³/mol. The zero-order valence-corrected chi connectivity index (χ0v) is 9.27. The lowest BCUT2D eigenvalue weighted by Gasteiger charge is -2.14. The average Bonchev–Trinajstić information content (AvgIpc) is 2.19. The number of nitrogens with zero attached hydrogens (tertiary/aromatic N) is 1. The van der Waals surface area contributed by atoms with Gasteiger partial charge in [0.05, 0.1) is 11.3 Å². The Balaban J connectivity index is 2.71. The number of benzene rings is 1. The van der Waals surface area contributed by atoms with Crippen LogP contribution >= 0.6 is 11.8 Å². The number of hydrogen-bond acceptors (Lipinski definition) is 3. The molecule has 0 aliphatic rings. The van der Waals surface area contributed by atoms with Crippen LogP contribution in [0.3, 0.4) is 0 Å². The van der Waals surface area contributed by atoms with Gasteiger partial charge in [0, 0.05) is 11.8 Å². The van der Waals surface area contributed by atoms with E-state index in [1.165, 1.54) is 0 Å². The molecular formula is C11H14N2S. The third-order valence-electron chi connectivity index (χ3n) is 1.87. The van der Waals surface area contributed by atoms with Crippen molar-refractivity contribution in [2.75, 3.05) is 17.3 Å². The summed E-state index contributed by atoms with van der Waals surface area (Å²) < 4.78 is 0. The molecule has 74 valence electrons. The summed E-state index contributed by atoms with van der Waals surface area (Å²) in [5.41, 5.74) is 1.64. The summed E-state index contributed by atoms with van der Waals surface area (Å²) in [6, 6.07) is 10.1. The van der Waals surface area contributed by atoms with Crippen LogP contribution in [0.25, 0.3) is 0 Å². The molecule has 0 spiro atoms. The van der Waals surface area contributed by atoms with Crippen molar-refractivity contribution in [3.8, 4) is 6.07 Å². The van der Waals surface area contributed by atoms with Gasteiger partial charge in [0.25, 0.3) is 0 Å². The fraction of sp³-hybridized carbons (Fsp3) is 0.364. The van der Waals surface area contributed by atoms with E-state index >= 15 is 0 Å². The summed E-state index contributed by atoms with van der Waals surface area (Å²) in [6.45, 7) is 2.12. The molecule has 1 aromatic carbocycles. The fourth-order valence-corrected chi connectivity index (χ4v) is 1.85. The van der Waals surface area contributed by atoms with Crippen molar-refractivity contribution in [2.45, 2.75) is 13.0 Å². The third-order valence-corrected chi connectivity index (χ3v) is 2.70. The van der Waals surface area contributed by atoms with Crippen LogP contribution < -0.4 is 5.32 Å². The van der Waals surface area contributed by atoms with E-state index in [2.05, 4.69) is 24.6 Å². The molecule has 0 radical (unpaired) electrons. The molecule has 1 N–H and O–H groups in total. The molecule has 0 aromatic heterocycles. The van der Waals surface area contributed by atoms with E-state index in [9.17, 15) is 0 Å². The first kappa shape index (κ1) is 10.9. The molecule has 1 unspecified atom stereocenters. The largest absolute Gasteiger partial charge is 0.381 e. The van der Waals surface area contributed by atoms with Crippen LogP contribution in [-0.2, 0) is 0 Å². The van der Waals surface area contributed by atoms with Crippen LogP contribution in [-0.4, -0.2) is 18.1 Å². The number of anilines is 1. The van der Waals surface area contributed by atoms with Crippen LogP contribution in [0.1, 0.15) is 12.5 Å². The number of rotatable bonds is 4. The monoisotopic (exact) mass is 206 g/mol. The molecule has 1 rings (SSSR count). The lowest BCUT2D eigenvalue weighted by molar-refractivity contribution is 0.913. The lowest BCUT2D eigenvalue weighted by Crippen LogP contribution is -2.18. The molecule has 0 aliphatic heterocycles. The topological polar surface area (TPSA) is 35.8 Å². The van der Waals surface area contributed by atoms with E-state index in [1.54, 1.807) is 11.8 Å². The van der Waals surface area contributed by atoms with Crippen molar-refractivity contribution in [2.24, 2.45) is 0 Å². The van der Waals surface area contributed by atoms with Crippen molar-refractivity contribution < 1.29 is 0 Å². The maximum absolute atomic E-state index is 8.87. The molecule has 0 saturated carbocycles.